The molecule has 0 aromatic carbocycles. The van der Waals surface area contributed by atoms with Crippen molar-refractivity contribution in [2.45, 2.75) is 39.8 Å². The second-order valence-corrected chi connectivity index (χ2v) is 6.25. The zero-order valence-corrected chi connectivity index (χ0v) is 12.6. The molecule has 1 saturated heterocycles. The molecule has 1 aliphatic rings. The lowest BCUT2D eigenvalue weighted by molar-refractivity contribution is -0.0668. The van der Waals surface area contributed by atoms with Crippen LogP contribution in [0.5, 0.6) is 0 Å². The third kappa shape index (κ3) is 2.44. The van der Waals surface area contributed by atoms with Crippen LogP contribution in [0.3, 0.4) is 0 Å². The van der Waals surface area contributed by atoms with Crippen LogP contribution in [0.4, 0.5) is 0 Å². The zero-order valence-electron chi connectivity index (χ0n) is 12.6. The van der Waals surface area contributed by atoms with E-state index in [1.165, 1.54) is 0 Å². The Labute approximate surface area is 115 Å². The number of aromatic nitrogens is 1. The lowest BCUT2D eigenvalue weighted by Crippen LogP contribution is -2.72. The molecular weight excluding hydrogens is 236 g/mol. The number of guanidine groups is 1. The van der Waals surface area contributed by atoms with E-state index in [0.29, 0.717) is 12.0 Å². The maximum absolute atomic E-state index is 4.39. The van der Waals surface area contributed by atoms with E-state index in [1.807, 2.05) is 31.4 Å². The van der Waals surface area contributed by atoms with Gasteiger partial charge < -0.3 is 10.2 Å². The maximum atomic E-state index is 4.39. The molecule has 1 fully saturated rings. The summed E-state index contributed by atoms with van der Waals surface area (Å²) in [4.78, 5) is 11.0. The molecule has 19 heavy (non-hydrogen) atoms. The van der Waals surface area contributed by atoms with Crippen molar-refractivity contribution in [3.05, 3.63) is 30.1 Å². The number of nitrogens with one attached hydrogen (secondary N) is 1. The van der Waals surface area contributed by atoms with Crippen molar-refractivity contribution in [1.82, 2.24) is 15.2 Å². The second kappa shape index (κ2) is 4.83. The largest absolute Gasteiger partial charge is 0.351 e. The van der Waals surface area contributed by atoms with E-state index in [1.54, 1.807) is 0 Å². The molecule has 0 unspecified atom stereocenters. The fourth-order valence-electron chi connectivity index (χ4n) is 2.37. The first-order valence-electron chi connectivity index (χ1n) is 6.77. The highest BCUT2D eigenvalue weighted by Crippen LogP contribution is 2.46. The van der Waals surface area contributed by atoms with Crippen LogP contribution in [0.15, 0.2) is 29.4 Å². The Hall–Kier alpha value is -1.58. The van der Waals surface area contributed by atoms with Gasteiger partial charge >= 0.3 is 0 Å². The SMILES string of the molecule is CN=C(NCc1ccccn1)N1CC(C)(C)C1(C)C. The molecule has 0 radical (unpaired) electrons. The minimum absolute atomic E-state index is 0.124. The Bertz CT molecular complexity index is 462. The van der Waals surface area contributed by atoms with Crippen molar-refractivity contribution < 1.29 is 0 Å². The molecule has 0 spiro atoms. The number of likely N-dealkylation sites (tertiary alicyclic amines) is 1. The van der Waals surface area contributed by atoms with Crippen LogP contribution in [0.2, 0.25) is 0 Å². The fraction of sp³-hybridized carbons (Fsp3) is 0.600. The van der Waals surface area contributed by atoms with Crippen LogP contribution >= 0.6 is 0 Å². The summed E-state index contributed by atoms with van der Waals surface area (Å²) in [6.45, 7) is 10.9. The molecule has 4 heteroatoms. The average Bonchev–Trinajstić information content (AvgIpc) is 2.39. The summed E-state index contributed by atoms with van der Waals surface area (Å²) in [5.41, 5.74) is 1.47. The van der Waals surface area contributed by atoms with Gasteiger partial charge in [0.15, 0.2) is 5.96 Å². The summed E-state index contributed by atoms with van der Waals surface area (Å²) < 4.78 is 0. The number of hydrogen-bond donors (Lipinski definition) is 1. The van der Waals surface area contributed by atoms with Crippen LogP contribution in [-0.4, -0.2) is 35.0 Å². The van der Waals surface area contributed by atoms with Gasteiger partial charge in [0.1, 0.15) is 0 Å². The molecule has 0 aliphatic carbocycles. The van der Waals surface area contributed by atoms with Gasteiger partial charge in [0.05, 0.1) is 12.2 Å². The van der Waals surface area contributed by atoms with Crippen LogP contribution < -0.4 is 5.32 Å². The Morgan fingerprint density at radius 2 is 2.11 bits per heavy atom. The summed E-state index contributed by atoms with van der Waals surface area (Å²) in [6, 6.07) is 5.95. The van der Waals surface area contributed by atoms with Crippen LogP contribution in [0.1, 0.15) is 33.4 Å². The van der Waals surface area contributed by atoms with Gasteiger partial charge in [0, 0.05) is 30.7 Å². The third-order valence-corrected chi connectivity index (χ3v) is 4.51. The molecule has 4 nitrogen and oxygen atoms in total. The Kier molecular flexibility index (Phi) is 3.52. The van der Waals surface area contributed by atoms with Gasteiger partial charge in [0.2, 0.25) is 0 Å². The molecule has 2 rings (SSSR count). The minimum atomic E-state index is 0.124. The van der Waals surface area contributed by atoms with Gasteiger partial charge in [-0.1, -0.05) is 19.9 Å². The number of rotatable bonds is 2. The Morgan fingerprint density at radius 1 is 1.37 bits per heavy atom. The molecule has 2 heterocycles. The number of aliphatic imine (C=N–C) groups is 1. The molecule has 1 N–H and O–H groups in total. The first-order chi connectivity index (χ1) is 8.88. The molecule has 1 aromatic heterocycles. The van der Waals surface area contributed by atoms with E-state index in [0.717, 1.165) is 18.2 Å². The van der Waals surface area contributed by atoms with Gasteiger partial charge in [-0.2, -0.15) is 0 Å². The van der Waals surface area contributed by atoms with Gasteiger partial charge in [0.25, 0.3) is 0 Å². The topological polar surface area (TPSA) is 40.5 Å². The van der Waals surface area contributed by atoms with E-state index in [-0.39, 0.29) is 5.54 Å². The zero-order chi connectivity index (χ0) is 14.1. The highest BCUT2D eigenvalue weighted by molar-refractivity contribution is 5.81. The molecule has 0 atom stereocenters. The van der Waals surface area contributed by atoms with Crippen LogP contribution in [0, 0.1) is 5.41 Å². The summed E-state index contributed by atoms with van der Waals surface area (Å²) >= 11 is 0. The van der Waals surface area contributed by atoms with Crippen LogP contribution in [0.25, 0.3) is 0 Å². The van der Waals surface area contributed by atoms with E-state index in [9.17, 15) is 0 Å². The van der Waals surface area contributed by atoms with E-state index in [2.05, 4.69) is 47.9 Å². The molecular formula is C15H24N4. The van der Waals surface area contributed by atoms with Gasteiger partial charge in [-0.3, -0.25) is 9.98 Å². The highest BCUT2D eigenvalue weighted by Gasteiger charge is 2.53. The molecule has 0 bridgehead atoms. The van der Waals surface area contributed by atoms with Crippen molar-refractivity contribution in [3.8, 4) is 0 Å². The number of pyridine rings is 1. The molecule has 0 amide bonds. The maximum Gasteiger partial charge on any atom is 0.194 e. The number of nitrogens with zero attached hydrogens (tertiary/aromatic N) is 3. The lowest BCUT2D eigenvalue weighted by Gasteiger charge is -2.62. The van der Waals surface area contributed by atoms with Gasteiger partial charge in [-0.05, 0) is 26.0 Å². The van der Waals surface area contributed by atoms with E-state index in [4.69, 9.17) is 0 Å². The van der Waals surface area contributed by atoms with Crippen molar-refractivity contribution >= 4 is 5.96 Å². The smallest absolute Gasteiger partial charge is 0.194 e. The standard InChI is InChI=1S/C15H24N4/c1-14(2)11-19(15(14,3)4)13(16-5)18-10-12-8-6-7-9-17-12/h6-9H,10-11H2,1-5H3,(H,16,18). The summed E-state index contributed by atoms with van der Waals surface area (Å²) in [5, 5.41) is 3.39. The van der Waals surface area contributed by atoms with Crippen LogP contribution in [-0.2, 0) is 6.54 Å². The van der Waals surface area contributed by atoms with E-state index >= 15 is 0 Å². The van der Waals surface area contributed by atoms with E-state index < -0.39 is 0 Å². The monoisotopic (exact) mass is 260 g/mol. The van der Waals surface area contributed by atoms with Crippen molar-refractivity contribution in [1.29, 1.82) is 0 Å². The average molecular weight is 260 g/mol. The first-order valence-corrected chi connectivity index (χ1v) is 6.77. The lowest BCUT2D eigenvalue weighted by atomic mass is 9.65. The summed E-state index contributed by atoms with van der Waals surface area (Å²) in [7, 11) is 1.84. The quantitative estimate of drug-likeness (QED) is 0.655. The summed E-state index contributed by atoms with van der Waals surface area (Å²) in [6.07, 6.45) is 1.82. The Morgan fingerprint density at radius 3 is 2.58 bits per heavy atom. The number of hydrogen-bond acceptors (Lipinski definition) is 2. The van der Waals surface area contributed by atoms with Crippen molar-refractivity contribution in [3.63, 3.8) is 0 Å². The highest BCUT2D eigenvalue weighted by atomic mass is 15.4. The molecule has 1 aliphatic heterocycles. The third-order valence-electron chi connectivity index (χ3n) is 4.51. The second-order valence-electron chi connectivity index (χ2n) is 6.25. The van der Waals surface area contributed by atoms with Crippen molar-refractivity contribution in [2.75, 3.05) is 13.6 Å². The first kappa shape index (κ1) is 13.8. The predicted molar refractivity (Wildman–Crippen MR) is 79.0 cm³/mol. The normalized spacial score (nSPS) is 20.9. The van der Waals surface area contributed by atoms with Gasteiger partial charge in [-0.15, -0.1) is 0 Å². The minimum Gasteiger partial charge on any atom is -0.351 e. The molecule has 0 saturated carbocycles. The fourth-order valence-corrected chi connectivity index (χ4v) is 2.37. The Balaban J connectivity index is 2.00. The van der Waals surface area contributed by atoms with Crippen molar-refractivity contribution in [2.24, 2.45) is 10.4 Å². The molecule has 1 aromatic rings. The summed E-state index contributed by atoms with van der Waals surface area (Å²) in [5.74, 6) is 0.954. The predicted octanol–water partition coefficient (Wildman–Crippen LogP) is 2.28. The molecule has 104 valence electrons. The van der Waals surface area contributed by atoms with Gasteiger partial charge in [-0.25, -0.2) is 0 Å².